The van der Waals surface area contributed by atoms with E-state index < -0.39 is 29.9 Å². The van der Waals surface area contributed by atoms with Crippen LogP contribution in [0.5, 0.6) is 0 Å². The number of aliphatic hydroxyl groups is 1. The summed E-state index contributed by atoms with van der Waals surface area (Å²) in [5.41, 5.74) is 0.207. The molecule has 0 bridgehead atoms. The van der Waals surface area contributed by atoms with Gasteiger partial charge in [0.2, 0.25) is 5.91 Å². The second-order valence-electron chi connectivity index (χ2n) is 7.95. The average molecular weight is 396 g/mol. The minimum absolute atomic E-state index is 0.0222. The van der Waals surface area contributed by atoms with Crippen LogP contribution in [0.3, 0.4) is 0 Å². The van der Waals surface area contributed by atoms with E-state index in [-0.39, 0.29) is 56.3 Å². The Balaban J connectivity index is 1.58. The monoisotopic (exact) mass is 396 g/mol. The first-order chi connectivity index (χ1) is 13.2. The highest BCUT2D eigenvalue weighted by atomic mass is 19.3. The molecule has 3 atom stereocenters. The number of aromatic nitrogens is 2. The predicted octanol–water partition coefficient (Wildman–Crippen LogP) is 1.73. The molecule has 1 aromatic heterocycles. The van der Waals surface area contributed by atoms with E-state index in [1.165, 1.54) is 17.2 Å². The highest BCUT2D eigenvalue weighted by Gasteiger charge is 2.42. The van der Waals surface area contributed by atoms with E-state index >= 15 is 0 Å². The molecule has 0 aromatic carbocycles. The van der Waals surface area contributed by atoms with E-state index in [1.807, 2.05) is 13.8 Å². The van der Waals surface area contributed by atoms with Crippen molar-refractivity contribution in [3.8, 4) is 0 Å². The van der Waals surface area contributed by atoms with E-state index in [0.717, 1.165) is 0 Å². The fourth-order valence-corrected chi connectivity index (χ4v) is 3.71. The molecule has 2 N–H and O–H groups in total. The number of hydrogen-bond donors (Lipinski definition) is 2. The van der Waals surface area contributed by atoms with Crippen LogP contribution in [0.2, 0.25) is 0 Å². The maximum atomic E-state index is 13.3. The molecule has 2 heterocycles. The molecule has 2 fully saturated rings. The third-order valence-electron chi connectivity index (χ3n) is 5.42. The molecule has 2 aliphatic rings. The summed E-state index contributed by atoms with van der Waals surface area (Å²) in [5.74, 6) is -3.23. The van der Waals surface area contributed by atoms with Crippen LogP contribution < -0.4 is 5.32 Å². The van der Waals surface area contributed by atoms with E-state index in [4.69, 9.17) is 0 Å². The quantitative estimate of drug-likeness (QED) is 0.808. The smallest absolute Gasteiger partial charge is 0.270 e. The second-order valence-corrected chi connectivity index (χ2v) is 7.95. The van der Waals surface area contributed by atoms with Crippen LogP contribution in [-0.2, 0) is 4.79 Å². The van der Waals surface area contributed by atoms with Crippen LogP contribution in [0.15, 0.2) is 12.3 Å². The summed E-state index contributed by atoms with van der Waals surface area (Å²) in [5, 5.41) is 13.0. The zero-order valence-electron chi connectivity index (χ0n) is 16.1. The number of amides is 2. The average Bonchev–Trinajstić information content (AvgIpc) is 3.01. The highest BCUT2D eigenvalue weighted by Crippen LogP contribution is 2.32. The molecule has 3 rings (SSSR count). The van der Waals surface area contributed by atoms with Crippen LogP contribution >= 0.6 is 0 Å². The van der Waals surface area contributed by atoms with Gasteiger partial charge < -0.3 is 15.3 Å². The normalized spacial score (nSPS) is 27.1. The largest absolute Gasteiger partial charge is 0.391 e. The molecule has 2 amide bonds. The maximum Gasteiger partial charge on any atom is 0.270 e. The fourth-order valence-electron chi connectivity index (χ4n) is 3.71. The molecule has 0 unspecified atom stereocenters. The zero-order valence-corrected chi connectivity index (χ0v) is 16.1. The lowest BCUT2D eigenvalue weighted by Gasteiger charge is -2.33. The Hall–Kier alpha value is -2.16. The first-order valence-corrected chi connectivity index (χ1v) is 9.65. The molecule has 0 radical (unpaired) electrons. The van der Waals surface area contributed by atoms with E-state index in [0.29, 0.717) is 5.82 Å². The minimum Gasteiger partial charge on any atom is -0.391 e. The number of nitrogens with zero attached hydrogens (tertiary/aromatic N) is 3. The zero-order chi connectivity index (χ0) is 20.5. The molecule has 28 heavy (non-hydrogen) atoms. The summed E-state index contributed by atoms with van der Waals surface area (Å²) < 4.78 is 26.6. The molecule has 1 aromatic rings. The first kappa shape index (κ1) is 20.6. The molecule has 1 saturated carbocycles. The standard InChI is InChI=1S/C19H26F2N4O3/c1-11(2)16-22-6-3-13(23-16)17(27)24-14-9-12(10-15(14)26)18(28)25-7-4-19(20,21)5-8-25/h3,6,11-12,14-15,26H,4-5,7-10H2,1-2H3,(H,24,27)/t12-,14+,15+/m0/s1. The molecule has 1 saturated heterocycles. The van der Waals surface area contributed by atoms with Gasteiger partial charge >= 0.3 is 0 Å². The van der Waals surface area contributed by atoms with Crippen LogP contribution in [0.4, 0.5) is 8.78 Å². The number of likely N-dealkylation sites (tertiary alicyclic amines) is 1. The number of alkyl halides is 2. The van der Waals surface area contributed by atoms with E-state index in [2.05, 4.69) is 15.3 Å². The van der Waals surface area contributed by atoms with Crippen molar-refractivity contribution >= 4 is 11.8 Å². The molecular formula is C19H26F2N4O3. The van der Waals surface area contributed by atoms with Gasteiger partial charge in [0.1, 0.15) is 11.5 Å². The van der Waals surface area contributed by atoms with Gasteiger partial charge in [0.05, 0.1) is 12.1 Å². The number of piperidine rings is 1. The van der Waals surface area contributed by atoms with E-state index in [9.17, 15) is 23.5 Å². The van der Waals surface area contributed by atoms with Crippen molar-refractivity contribution in [1.29, 1.82) is 0 Å². The Morgan fingerprint density at radius 1 is 1.29 bits per heavy atom. The molecule has 7 nitrogen and oxygen atoms in total. The van der Waals surface area contributed by atoms with Crippen molar-refractivity contribution in [2.75, 3.05) is 13.1 Å². The molecule has 1 aliphatic carbocycles. The Labute approximate surface area is 162 Å². The highest BCUT2D eigenvalue weighted by molar-refractivity contribution is 5.92. The van der Waals surface area contributed by atoms with Crippen molar-refractivity contribution in [2.45, 2.75) is 63.5 Å². The summed E-state index contributed by atoms with van der Waals surface area (Å²) >= 11 is 0. The molecular weight excluding hydrogens is 370 g/mol. The number of nitrogens with one attached hydrogen (secondary N) is 1. The summed E-state index contributed by atoms with van der Waals surface area (Å²) in [6.07, 6.45) is 0.467. The van der Waals surface area contributed by atoms with Crippen molar-refractivity contribution in [2.24, 2.45) is 5.92 Å². The fraction of sp³-hybridized carbons (Fsp3) is 0.684. The third kappa shape index (κ3) is 4.63. The van der Waals surface area contributed by atoms with Gasteiger partial charge in [-0.2, -0.15) is 0 Å². The van der Waals surface area contributed by atoms with Crippen molar-refractivity contribution in [1.82, 2.24) is 20.2 Å². The molecule has 154 valence electrons. The lowest BCUT2D eigenvalue weighted by Crippen LogP contribution is -2.45. The number of aliphatic hydroxyl groups excluding tert-OH is 1. The van der Waals surface area contributed by atoms with Gasteiger partial charge in [-0.1, -0.05) is 13.8 Å². The number of halogens is 2. The predicted molar refractivity (Wildman–Crippen MR) is 96.9 cm³/mol. The van der Waals surface area contributed by atoms with Gasteiger partial charge in [0, 0.05) is 44.0 Å². The van der Waals surface area contributed by atoms with Crippen LogP contribution in [0, 0.1) is 5.92 Å². The van der Waals surface area contributed by atoms with Gasteiger partial charge in [-0.15, -0.1) is 0 Å². The Morgan fingerprint density at radius 3 is 2.61 bits per heavy atom. The van der Waals surface area contributed by atoms with Gasteiger partial charge in [-0.05, 0) is 18.9 Å². The van der Waals surface area contributed by atoms with Gasteiger partial charge in [0.25, 0.3) is 11.8 Å². The summed E-state index contributed by atoms with van der Waals surface area (Å²) in [6, 6.07) is 0.921. The molecule has 9 heteroatoms. The van der Waals surface area contributed by atoms with Crippen LogP contribution in [0.1, 0.15) is 61.8 Å². The van der Waals surface area contributed by atoms with Crippen LogP contribution in [-0.4, -0.2) is 62.9 Å². The number of hydrogen-bond acceptors (Lipinski definition) is 5. The summed E-state index contributed by atoms with van der Waals surface area (Å²) in [4.78, 5) is 34.9. The van der Waals surface area contributed by atoms with Gasteiger partial charge in [-0.3, -0.25) is 9.59 Å². The maximum absolute atomic E-state index is 13.3. The number of carbonyl (C=O) groups is 2. The molecule has 1 aliphatic heterocycles. The third-order valence-corrected chi connectivity index (χ3v) is 5.42. The van der Waals surface area contributed by atoms with E-state index in [1.54, 1.807) is 0 Å². The lowest BCUT2D eigenvalue weighted by molar-refractivity contribution is -0.141. The SMILES string of the molecule is CC(C)c1nccc(C(=O)N[C@@H]2C[C@H](C(=O)N3CCC(F)(F)CC3)C[C@H]2O)n1. The van der Waals surface area contributed by atoms with Crippen molar-refractivity contribution in [3.05, 3.63) is 23.8 Å². The summed E-state index contributed by atoms with van der Waals surface area (Å²) in [7, 11) is 0. The first-order valence-electron chi connectivity index (χ1n) is 9.65. The van der Waals surface area contributed by atoms with Crippen LogP contribution in [0.25, 0.3) is 0 Å². The van der Waals surface area contributed by atoms with Crippen molar-refractivity contribution < 1.29 is 23.5 Å². The Morgan fingerprint density at radius 2 is 1.96 bits per heavy atom. The second kappa shape index (κ2) is 8.06. The minimum atomic E-state index is -2.71. The number of carbonyl (C=O) groups excluding carboxylic acids is 2. The Bertz CT molecular complexity index is 734. The van der Waals surface area contributed by atoms with Gasteiger partial charge in [0.15, 0.2) is 0 Å². The number of rotatable bonds is 4. The molecule has 0 spiro atoms. The van der Waals surface area contributed by atoms with Gasteiger partial charge in [-0.25, -0.2) is 18.7 Å². The summed E-state index contributed by atoms with van der Waals surface area (Å²) in [6.45, 7) is 3.89. The Kier molecular flexibility index (Phi) is 5.92. The van der Waals surface area contributed by atoms with Crippen molar-refractivity contribution in [3.63, 3.8) is 0 Å². The topological polar surface area (TPSA) is 95.4 Å². The lowest BCUT2D eigenvalue weighted by atomic mass is 10.0.